The van der Waals surface area contributed by atoms with E-state index in [1.165, 1.54) is 89.6 Å². The fourth-order valence-electron chi connectivity index (χ4n) is 13.4. The number of nitrogens with zero attached hydrogens (tertiary/aromatic N) is 3. The number of hydrazine groups is 1. The first kappa shape index (κ1) is 83.8. The molecule has 0 saturated heterocycles. The molecule has 13 rings (SSSR count). The van der Waals surface area contributed by atoms with Crippen molar-refractivity contribution in [2.24, 2.45) is 16.6 Å². The van der Waals surface area contributed by atoms with Gasteiger partial charge in [0.05, 0.1) is 107 Å². The zero-order valence-electron chi connectivity index (χ0n) is 59.7. The number of esters is 4. The number of aliphatic imine (C=N–C) groups is 1. The Morgan fingerprint density at radius 1 is 0.370 bits per heavy atom. The summed E-state index contributed by atoms with van der Waals surface area (Å²) >= 11 is 0. The van der Waals surface area contributed by atoms with Crippen molar-refractivity contribution in [3.05, 3.63) is 329 Å². The Morgan fingerprint density at radius 3 is 0.983 bits per heavy atom. The predicted molar refractivity (Wildman–Crippen MR) is 376 cm³/mol. The summed E-state index contributed by atoms with van der Waals surface area (Å²) in [6, 6.07) is 20.0. The lowest BCUT2D eigenvalue weighted by Gasteiger charge is -2.37. The second-order valence-corrected chi connectivity index (χ2v) is 27.0. The number of hydrogen-bond acceptors (Lipinski definition) is 12. The van der Waals surface area contributed by atoms with Gasteiger partial charge in [-0.25, -0.2) is 34.4 Å². The highest BCUT2D eigenvalue weighted by molar-refractivity contribution is 6.30. The van der Waals surface area contributed by atoms with E-state index < -0.39 is 181 Å². The lowest BCUT2D eigenvalue weighted by Crippen LogP contribution is -2.50. The molecule has 4 bridgehead atoms. The van der Waals surface area contributed by atoms with E-state index in [1.807, 2.05) is 0 Å². The number of ether oxygens (including phenoxy) is 4. The number of nitrogens with one attached hydrogen (secondary N) is 1. The molecule has 119 heavy (non-hydrogen) atoms. The Labute approximate surface area is 652 Å². The minimum atomic E-state index is -5.37. The number of halogens is 24. The largest absolute Gasteiger partial charge is 0.423 e. The number of carbonyl (C=O) groups excluding carboxylic acids is 4. The number of allylic oxidation sites excluding steroid dienone is 5. The number of nitrogens with two attached hydrogens (primary N) is 1. The summed E-state index contributed by atoms with van der Waals surface area (Å²) < 4.78 is 357. The van der Waals surface area contributed by atoms with E-state index in [4.69, 9.17) is 29.7 Å². The molecule has 3 N–H and O–H groups in total. The number of carbonyl (C=O) groups is 4. The summed E-state index contributed by atoms with van der Waals surface area (Å²) in [4.78, 5) is 60.5. The van der Waals surface area contributed by atoms with Crippen molar-refractivity contribution in [3.63, 3.8) is 0 Å². The first-order valence-corrected chi connectivity index (χ1v) is 34.2. The molecule has 9 aromatic rings. The van der Waals surface area contributed by atoms with Crippen molar-refractivity contribution in [2.45, 2.75) is 75.3 Å². The lowest BCUT2D eigenvalue weighted by atomic mass is 9.89. The zero-order chi connectivity index (χ0) is 86.5. The van der Waals surface area contributed by atoms with Crippen LogP contribution < -0.4 is 40.9 Å². The third kappa shape index (κ3) is 17.8. The summed E-state index contributed by atoms with van der Waals surface area (Å²) in [5, 5.41) is 1.72. The van der Waals surface area contributed by atoms with Gasteiger partial charge >= 0.3 is 73.3 Å². The first-order valence-electron chi connectivity index (χ1n) is 34.2. The third-order valence-electron chi connectivity index (χ3n) is 18.9. The summed E-state index contributed by atoms with van der Waals surface area (Å²) in [6.07, 6.45) is -35.2. The van der Waals surface area contributed by atoms with Crippen molar-refractivity contribution in [1.29, 1.82) is 0 Å². The van der Waals surface area contributed by atoms with Gasteiger partial charge in [0.2, 0.25) is 0 Å². The molecule has 0 aliphatic carbocycles. The molecule has 0 radical (unpaired) electrons. The molecule has 0 amide bonds. The normalized spacial score (nSPS) is 19.1. The van der Waals surface area contributed by atoms with Gasteiger partial charge in [0.1, 0.15) is 23.0 Å². The maximum absolute atomic E-state index is 14.0. The van der Waals surface area contributed by atoms with Crippen molar-refractivity contribution < 1.29 is 143 Å². The van der Waals surface area contributed by atoms with Crippen LogP contribution in [-0.2, 0) is 49.4 Å². The number of alkyl halides is 24. The molecule has 4 aliphatic heterocycles. The number of aromatic nitrogens is 1. The minimum absolute atomic E-state index is 0.0425. The van der Waals surface area contributed by atoms with Crippen molar-refractivity contribution in [1.82, 2.24) is 9.69 Å². The second kappa shape index (κ2) is 30.4. The predicted octanol–water partition coefficient (Wildman–Crippen LogP) is 20.4. The fraction of sp³-hybridized carbons (Fsp3) is 0.159. The van der Waals surface area contributed by atoms with E-state index in [0.717, 1.165) is 48.5 Å². The van der Waals surface area contributed by atoms with Gasteiger partial charge in [-0.2, -0.15) is 105 Å². The SMILES string of the molecule is CC1=C(/c2ccc(C(=O)Oc3cc(C(F)(F)F)cc(C(F)(F)F)c3)cc2)C2=CC(C)C3/C(c4ccc(C(=O)Oc5cc(C(F)(F)F)cc(C(F)(F)F)c5)cc4)=C4/C=CC(=N4)/C(c4ccc(C(=O)Oc5cc(C(F)(F)F)cc(C(F)(F)F)c5)cc4)=c4/cc/c(n4NN23)=C(\c2ccc(C(=O)Oc3cc(C(F)(F)F)cc(C(F)(F)F)c3)cc2)C(N)/C=C\1. The quantitative estimate of drug-likeness (QED) is 0.0680. The second-order valence-electron chi connectivity index (χ2n) is 27.0. The monoisotopic (exact) mass is 1690 g/mol. The van der Waals surface area contributed by atoms with Crippen LogP contribution in [0.2, 0.25) is 0 Å². The highest BCUT2D eigenvalue weighted by Crippen LogP contribution is 2.48. The maximum Gasteiger partial charge on any atom is 0.416 e. The smallest absolute Gasteiger partial charge is 0.416 e. The molecule has 3 atom stereocenters. The molecule has 8 aromatic carbocycles. The topological polar surface area (TPSA) is 164 Å². The van der Waals surface area contributed by atoms with Crippen molar-refractivity contribution in [3.8, 4) is 23.0 Å². The van der Waals surface area contributed by atoms with Gasteiger partial charge in [0, 0.05) is 28.2 Å². The minimum Gasteiger partial charge on any atom is -0.423 e. The summed E-state index contributed by atoms with van der Waals surface area (Å²) in [6.45, 7) is 3.27. The van der Waals surface area contributed by atoms with E-state index in [0.29, 0.717) is 0 Å². The Hall–Kier alpha value is -13.1. The van der Waals surface area contributed by atoms with Gasteiger partial charge in [0.15, 0.2) is 0 Å². The molecule has 5 heterocycles. The maximum atomic E-state index is 14.0. The molecule has 0 spiro atoms. The van der Waals surface area contributed by atoms with Gasteiger partial charge in [-0.15, -0.1) is 0 Å². The van der Waals surface area contributed by atoms with Crippen LogP contribution in [0.25, 0.3) is 22.3 Å². The Bertz CT molecular complexity index is 5830. The van der Waals surface area contributed by atoms with Gasteiger partial charge in [-0.05, 0) is 180 Å². The van der Waals surface area contributed by atoms with Crippen LogP contribution in [-0.4, -0.2) is 51.4 Å². The standard InChI is InChI=1S/C82H47F24N5O8/c1-38-3-20-60(107)67(41-6-14-45(15-7-41)72(113)117-57-32-50(77(89,90)91)27-51(33-57)78(92,93)94)63-23-24-64-68(42-8-16-46(17-9-42)73(114)118-58-34-52(79(95,96)97)28-53(35-58)80(98,99)100)61-21-22-62(108-61)69(43-10-18-47(19-11-43)74(115)119-59-36-54(81(101,102)103)29-55(37-59)82(104,105)106)70-39(2)25-65(111(70)109-110(63)64)66(38)40-4-12-44(13-5-40)71(112)116-56-30-48(75(83,84)85)26-49(31-56)76(86,87)88/h3-37,39,60,70,109H,107H2,1-2H3/b20-3-,66-38+,67-63-,68-64-,69-62-. The van der Waals surface area contributed by atoms with E-state index in [1.54, 1.807) is 24.9 Å². The molecule has 0 fully saturated rings. The molecular formula is C82H47F24N5O8. The summed E-state index contributed by atoms with van der Waals surface area (Å²) in [5.74, 6) is -11.3. The molecule has 3 unspecified atom stereocenters. The van der Waals surface area contributed by atoms with Crippen LogP contribution in [0.1, 0.15) is 122 Å². The van der Waals surface area contributed by atoms with Crippen LogP contribution in [0.4, 0.5) is 105 Å². The number of fused-ring (bicyclic) bond motifs is 1. The Morgan fingerprint density at radius 2 is 0.664 bits per heavy atom. The molecule has 37 heteroatoms. The average molecular weight is 1690 g/mol. The van der Waals surface area contributed by atoms with Gasteiger partial charge in [0.25, 0.3) is 0 Å². The molecule has 13 nitrogen and oxygen atoms in total. The third-order valence-corrected chi connectivity index (χ3v) is 18.9. The summed E-state index contributed by atoms with van der Waals surface area (Å²) in [5.41, 5.74) is -3.90. The highest BCUT2D eigenvalue weighted by atomic mass is 19.4. The molecule has 4 aliphatic rings. The van der Waals surface area contributed by atoms with Crippen LogP contribution in [0.15, 0.2) is 234 Å². The van der Waals surface area contributed by atoms with Crippen LogP contribution in [0, 0.1) is 5.92 Å². The Balaban J connectivity index is 1.000. The van der Waals surface area contributed by atoms with Gasteiger partial charge in [-0.3, -0.25) is 5.01 Å². The van der Waals surface area contributed by atoms with Crippen molar-refractivity contribution in [2.75, 3.05) is 5.53 Å². The zero-order valence-corrected chi connectivity index (χ0v) is 59.7. The van der Waals surface area contributed by atoms with Gasteiger partial charge < -0.3 is 24.7 Å². The Kier molecular flexibility index (Phi) is 21.4. The lowest BCUT2D eigenvalue weighted by molar-refractivity contribution is -0.144. The van der Waals surface area contributed by atoms with Crippen molar-refractivity contribution >= 4 is 51.9 Å². The number of benzene rings is 8. The van der Waals surface area contributed by atoms with Crippen LogP contribution >= 0.6 is 0 Å². The van der Waals surface area contributed by atoms with E-state index in [-0.39, 0.29) is 151 Å². The van der Waals surface area contributed by atoms with E-state index in [9.17, 15) is 125 Å². The molecule has 0 saturated carbocycles. The average Bonchev–Trinajstić information content (AvgIpc) is 1.58. The van der Waals surface area contributed by atoms with E-state index >= 15 is 0 Å². The van der Waals surface area contributed by atoms with Gasteiger partial charge in [-0.1, -0.05) is 73.7 Å². The fourth-order valence-corrected chi connectivity index (χ4v) is 13.4. The molecule has 1 aromatic heterocycles. The highest BCUT2D eigenvalue weighted by Gasteiger charge is 2.45. The van der Waals surface area contributed by atoms with Crippen LogP contribution in [0.5, 0.6) is 23.0 Å². The number of hydrogen-bond donors (Lipinski definition) is 2. The van der Waals surface area contributed by atoms with E-state index in [2.05, 4.69) is 5.53 Å². The number of rotatable bonds is 12. The van der Waals surface area contributed by atoms with Crippen LogP contribution in [0.3, 0.4) is 0 Å². The first-order chi connectivity index (χ1) is 55.3. The summed E-state index contributed by atoms with van der Waals surface area (Å²) in [7, 11) is 0. The molecule has 616 valence electrons. The molecular weight excluding hydrogens is 1640 g/mol.